The first-order chi connectivity index (χ1) is 13.3. The molecule has 0 bridgehead atoms. The summed E-state index contributed by atoms with van der Waals surface area (Å²) in [4.78, 5) is 12.7. The van der Waals surface area contributed by atoms with E-state index in [0.29, 0.717) is 41.1 Å². The molecule has 1 fully saturated rings. The number of rotatable bonds is 4. The molecule has 6 heteroatoms. The summed E-state index contributed by atoms with van der Waals surface area (Å²) in [6.45, 7) is 0. The van der Waals surface area contributed by atoms with Crippen molar-refractivity contribution < 1.29 is 27.4 Å². The van der Waals surface area contributed by atoms with Crippen molar-refractivity contribution in [1.82, 2.24) is 0 Å². The van der Waals surface area contributed by atoms with Gasteiger partial charge in [0.15, 0.2) is 17.3 Å². The van der Waals surface area contributed by atoms with E-state index < -0.39 is 11.7 Å². The minimum Gasteiger partial charge on any atom is -0.493 e. The number of methoxy groups -OCH3 is 2. The quantitative estimate of drug-likeness (QED) is 0.644. The normalized spacial score (nSPS) is 17.4. The first-order valence-corrected chi connectivity index (χ1v) is 8.68. The Morgan fingerprint density at radius 3 is 2.07 bits per heavy atom. The van der Waals surface area contributed by atoms with Crippen LogP contribution in [0.15, 0.2) is 53.6 Å². The molecule has 0 N–H and O–H groups in total. The summed E-state index contributed by atoms with van der Waals surface area (Å²) < 4.78 is 50.2. The number of alkyl halides is 3. The zero-order chi connectivity index (χ0) is 20.3. The molecule has 28 heavy (non-hydrogen) atoms. The standard InChI is InChI=1S/C22H19F3O3/c1-27-19-9-5-7-17(21(19)28-2)13-16-11-10-15(20(16)26)12-14-6-3-4-8-18(14)22(23,24)25/h3-9,12-13H,10-11H2,1-2H3. The van der Waals surface area contributed by atoms with Crippen LogP contribution in [-0.4, -0.2) is 20.0 Å². The fourth-order valence-electron chi connectivity index (χ4n) is 3.26. The molecule has 0 radical (unpaired) electrons. The monoisotopic (exact) mass is 388 g/mol. The fourth-order valence-corrected chi connectivity index (χ4v) is 3.26. The van der Waals surface area contributed by atoms with Gasteiger partial charge in [-0.15, -0.1) is 0 Å². The summed E-state index contributed by atoms with van der Waals surface area (Å²) in [6.07, 6.45) is -0.570. The van der Waals surface area contributed by atoms with Gasteiger partial charge in [-0.25, -0.2) is 0 Å². The van der Waals surface area contributed by atoms with Crippen molar-refractivity contribution in [3.63, 3.8) is 0 Å². The summed E-state index contributed by atoms with van der Waals surface area (Å²) in [5.41, 5.74) is 0.829. The molecule has 146 valence electrons. The molecule has 3 rings (SSSR count). The lowest BCUT2D eigenvalue weighted by molar-refractivity contribution is -0.137. The van der Waals surface area contributed by atoms with Gasteiger partial charge < -0.3 is 9.47 Å². The van der Waals surface area contributed by atoms with E-state index in [2.05, 4.69) is 0 Å². The van der Waals surface area contributed by atoms with Crippen LogP contribution in [0.2, 0.25) is 0 Å². The number of allylic oxidation sites excluding steroid dienone is 2. The first kappa shape index (κ1) is 19.7. The molecule has 0 amide bonds. The second-order valence-corrected chi connectivity index (χ2v) is 6.34. The summed E-state index contributed by atoms with van der Waals surface area (Å²) in [5, 5.41) is 0. The van der Waals surface area contributed by atoms with Gasteiger partial charge in [-0.05, 0) is 42.7 Å². The van der Waals surface area contributed by atoms with Crippen LogP contribution in [0.3, 0.4) is 0 Å². The predicted molar refractivity (Wildman–Crippen MR) is 101 cm³/mol. The number of carbonyl (C=O) groups is 1. The molecule has 0 spiro atoms. The topological polar surface area (TPSA) is 35.5 Å². The molecule has 1 saturated carbocycles. The van der Waals surface area contributed by atoms with Crippen molar-refractivity contribution in [3.05, 3.63) is 70.3 Å². The molecule has 0 aliphatic heterocycles. The van der Waals surface area contributed by atoms with E-state index in [9.17, 15) is 18.0 Å². The van der Waals surface area contributed by atoms with E-state index >= 15 is 0 Å². The van der Waals surface area contributed by atoms with E-state index in [1.54, 1.807) is 24.3 Å². The van der Waals surface area contributed by atoms with E-state index in [1.807, 2.05) is 0 Å². The number of carbonyl (C=O) groups excluding carboxylic acids is 1. The Morgan fingerprint density at radius 1 is 0.857 bits per heavy atom. The van der Waals surface area contributed by atoms with Crippen molar-refractivity contribution in [2.75, 3.05) is 14.2 Å². The maximum atomic E-state index is 13.2. The van der Waals surface area contributed by atoms with Gasteiger partial charge in [0.05, 0.1) is 19.8 Å². The Morgan fingerprint density at radius 2 is 1.46 bits per heavy atom. The molecule has 0 unspecified atom stereocenters. The lowest BCUT2D eigenvalue weighted by Gasteiger charge is -2.10. The minimum atomic E-state index is -4.47. The van der Waals surface area contributed by atoms with Gasteiger partial charge in [0.25, 0.3) is 0 Å². The summed E-state index contributed by atoms with van der Waals surface area (Å²) >= 11 is 0. The van der Waals surface area contributed by atoms with Crippen LogP contribution in [0.4, 0.5) is 13.2 Å². The maximum Gasteiger partial charge on any atom is 0.416 e. The molecule has 0 atom stereocenters. The third kappa shape index (κ3) is 3.96. The fraction of sp³-hybridized carbons (Fsp3) is 0.227. The highest BCUT2D eigenvalue weighted by molar-refractivity contribution is 6.15. The van der Waals surface area contributed by atoms with Crippen LogP contribution in [-0.2, 0) is 11.0 Å². The van der Waals surface area contributed by atoms with Gasteiger partial charge >= 0.3 is 6.18 Å². The lowest BCUT2D eigenvalue weighted by Crippen LogP contribution is -2.07. The SMILES string of the molecule is COc1cccc(C=C2CCC(=Cc3ccccc3C(F)(F)F)C2=O)c1OC. The first-order valence-electron chi connectivity index (χ1n) is 8.68. The zero-order valence-corrected chi connectivity index (χ0v) is 15.5. The Balaban J connectivity index is 1.95. The van der Waals surface area contributed by atoms with E-state index in [1.165, 1.54) is 38.5 Å². The van der Waals surface area contributed by atoms with Crippen LogP contribution >= 0.6 is 0 Å². The number of ether oxygens (including phenoxy) is 2. The molecule has 0 heterocycles. The van der Waals surface area contributed by atoms with Crippen LogP contribution in [0, 0.1) is 0 Å². The minimum absolute atomic E-state index is 0.00133. The zero-order valence-electron chi connectivity index (χ0n) is 15.5. The van der Waals surface area contributed by atoms with E-state index in [-0.39, 0.29) is 11.3 Å². The second kappa shape index (κ2) is 7.92. The largest absolute Gasteiger partial charge is 0.493 e. The highest BCUT2D eigenvalue weighted by atomic mass is 19.4. The molecule has 3 nitrogen and oxygen atoms in total. The molecule has 1 aliphatic carbocycles. The second-order valence-electron chi connectivity index (χ2n) is 6.34. The van der Waals surface area contributed by atoms with Crippen molar-refractivity contribution in [2.45, 2.75) is 19.0 Å². The number of para-hydroxylation sites is 1. The van der Waals surface area contributed by atoms with Crippen molar-refractivity contribution >= 4 is 17.9 Å². The molecule has 0 aromatic heterocycles. The highest BCUT2D eigenvalue weighted by Gasteiger charge is 2.33. The van der Waals surface area contributed by atoms with Crippen LogP contribution < -0.4 is 9.47 Å². The van der Waals surface area contributed by atoms with E-state index in [4.69, 9.17) is 9.47 Å². The third-order valence-corrected chi connectivity index (χ3v) is 4.61. The lowest BCUT2D eigenvalue weighted by atomic mass is 10.0. The van der Waals surface area contributed by atoms with Crippen LogP contribution in [0.1, 0.15) is 29.5 Å². The molecule has 1 aliphatic rings. The number of hydrogen-bond acceptors (Lipinski definition) is 3. The summed E-state index contributed by atoms with van der Waals surface area (Å²) in [5.74, 6) is 0.796. The number of Topliss-reactive ketones (excluding diaryl/α,β-unsaturated/α-hetero) is 1. The number of ketones is 1. The van der Waals surface area contributed by atoms with Gasteiger partial charge in [-0.3, -0.25) is 4.79 Å². The number of halogens is 3. The van der Waals surface area contributed by atoms with Gasteiger partial charge in [0.2, 0.25) is 0 Å². The molecular formula is C22H19F3O3. The maximum absolute atomic E-state index is 13.2. The van der Waals surface area contributed by atoms with Crippen molar-refractivity contribution in [1.29, 1.82) is 0 Å². The number of hydrogen-bond donors (Lipinski definition) is 0. The Labute approximate surface area is 161 Å². The van der Waals surface area contributed by atoms with Crippen molar-refractivity contribution in [3.8, 4) is 11.5 Å². The van der Waals surface area contributed by atoms with Crippen LogP contribution in [0.5, 0.6) is 11.5 Å². The molecule has 0 saturated heterocycles. The Kier molecular flexibility index (Phi) is 5.58. The highest BCUT2D eigenvalue weighted by Crippen LogP contribution is 2.37. The smallest absolute Gasteiger partial charge is 0.416 e. The van der Waals surface area contributed by atoms with Gasteiger partial charge in [-0.1, -0.05) is 30.3 Å². The van der Waals surface area contributed by atoms with E-state index in [0.717, 1.165) is 6.07 Å². The average molecular weight is 388 g/mol. The molecule has 2 aromatic rings. The molecular weight excluding hydrogens is 369 g/mol. The summed E-state index contributed by atoms with van der Waals surface area (Å²) in [6, 6.07) is 10.6. The van der Waals surface area contributed by atoms with Crippen molar-refractivity contribution in [2.24, 2.45) is 0 Å². The summed E-state index contributed by atoms with van der Waals surface area (Å²) in [7, 11) is 3.03. The van der Waals surface area contributed by atoms with Gasteiger partial charge in [0.1, 0.15) is 0 Å². The third-order valence-electron chi connectivity index (χ3n) is 4.61. The van der Waals surface area contributed by atoms with Gasteiger partial charge in [0, 0.05) is 16.7 Å². The van der Waals surface area contributed by atoms with Gasteiger partial charge in [-0.2, -0.15) is 13.2 Å². The average Bonchev–Trinajstić information content (AvgIpc) is 3.01. The number of benzene rings is 2. The Bertz CT molecular complexity index is 956. The molecule has 2 aromatic carbocycles. The predicted octanol–water partition coefficient (Wildman–Crippen LogP) is 5.55. The van der Waals surface area contributed by atoms with Crippen LogP contribution in [0.25, 0.3) is 12.2 Å². The Hall–Kier alpha value is -3.02.